The molecule has 0 aliphatic carbocycles. The number of nitrogens with one attached hydrogen (secondary N) is 1. The zero-order valence-corrected chi connectivity index (χ0v) is 15.0. The molecular formula is C19H26N4O2. The SMILES string of the molecule is CC(=O)N1CCCCC1C(=O)NCCCc1nc2ccccc2n1C. The fourth-order valence-electron chi connectivity index (χ4n) is 3.58. The third-order valence-corrected chi connectivity index (χ3v) is 4.97. The van der Waals surface area contributed by atoms with Gasteiger partial charge in [0.25, 0.3) is 0 Å². The Bertz CT molecular complexity index is 768. The molecule has 1 atom stereocenters. The lowest BCUT2D eigenvalue weighted by Gasteiger charge is -2.33. The van der Waals surface area contributed by atoms with Gasteiger partial charge in [0.05, 0.1) is 11.0 Å². The molecule has 1 unspecified atom stereocenters. The van der Waals surface area contributed by atoms with Crippen LogP contribution in [0.1, 0.15) is 38.4 Å². The molecule has 134 valence electrons. The standard InChI is InChI=1S/C19H26N4O2/c1-14(24)23-13-6-5-10-17(23)19(25)20-12-7-11-18-21-15-8-3-4-9-16(15)22(18)2/h3-4,8-9,17H,5-7,10-13H2,1-2H3,(H,20,25). The second-order valence-corrected chi connectivity index (χ2v) is 6.69. The Morgan fingerprint density at radius 3 is 2.84 bits per heavy atom. The third-order valence-electron chi connectivity index (χ3n) is 4.97. The number of para-hydroxylation sites is 2. The van der Waals surface area contributed by atoms with E-state index >= 15 is 0 Å². The first-order chi connectivity index (χ1) is 12.1. The van der Waals surface area contributed by atoms with Gasteiger partial charge in [0.1, 0.15) is 11.9 Å². The van der Waals surface area contributed by atoms with E-state index in [1.807, 2.05) is 25.2 Å². The number of hydrogen-bond acceptors (Lipinski definition) is 3. The molecule has 6 heteroatoms. The Morgan fingerprint density at radius 1 is 1.28 bits per heavy atom. The van der Waals surface area contributed by atoms with E-state index < -0.39 is 0 Å². The summed E-state index contributed by atoms with van der Waals surface area (Å²) in [5.41, 5.74) is 2.13. The Balaban J connectivity index is 1.51. The quantitative estimate of drug-likeness (QED) is 0.846. The highest BCUT2D eigenvalue weighted by molar-refractivity contribution is 5.87. The van der Waals surface area contributed by atoms with Crippen LogP contribution in [0.2, 0.25) is 0 Å². The topological polar surface area (TPSA) is 67.2 Å². The lowest BCUT2D eigenvalue weighted by Crippen LogP contribution is -2.51. The maximum atomic E-state index is 12.4. The van der Waals surface area contributed by atoms with Crippen molar-refractivity contribution in [2.45, 2.75) is 45.1 Å². The smallest absolute Gasteiger partial charge is 0.242 e. The highest BCUT2D eigenvalue weighted by atomic mass is 16.2. The molecule has 3 rings (SSSR count). The number of carbonyl (C=O) groups is 2. The molecular weight excluding hydrogens is 316 g/mol. The van der Waals surface area contributed by atoms with Crippen LogP contribution in [-0.2, 0) is 23.1 Å². The first kappa shape index (κ1) is 17.5. The summed E-state index contributed by atoms with van der Waals surface area (Å²) in [5.74, 6) is 0.984. The summed E-state index contributed by atoms with van der Waals surface area (Å²) < 4.78 is 2.11. The fraction of sp³-hybridized carbons (Fsp3) is 0.526. The molecule has 1 aliphatic rings. The lowest BCUT2D eigenvalue weighted by atomic mass is 10.0. The highest BCUT2D eigenvalue weighted by Crippen LogP contribution is 2.17. The molecule has 1 saturated heterocycles. The molecule has 0 saturated carbocycles. The summed E-state index contributed by atoms with van der Waals surface area (Å²) in [6, 6.07) is 7.78. The van der Waals surface area contributed by atoms with Crippen molar-refractivity contribution < 1.29 is 9.59 Å². The Morgan fingerprint density at radius 2 is 2.08 bits per heavy atom. The molecule has 2 heterocycles. The zero-order valence-electron chi connectivity index (χ0n) is 15.0. The van der Waals surface area contributed by atoms with Crippen LogP contribution in [0.3, 0.4) is 0 Å². The molecule has 25 heavy (non-hydrogen) atoms. The Kier molecular flexibility index (Phi) is 5.36. The second kappa shape index (κ2) is 7.68. The predicted octanol–water partition coefficient (Wildman–Crippen LogP) is 2.02. The van der Waals surface area contributed by atoms with E-state index in [0.29, 0.717) is 13.1 Å². The van der Waals surface area contributed by atoms with Gasteiger partial charge in [-0.2, -0.15) is 0 Å². The fourth-order valence-corrected chi connectivity index (χ4v) is 3.58. The van der Waals surface area contributed by atoms with Gasteiger partial charge in [0, 0.05) is 33.5 Å². The number of amides is 2. The van der Waals surface area contributed by atoms with Crippen molar-refractivity contribution in [1.82, 2.24) is 19.8 Å². The number of imidazole rings is 1. The van der Waals surface area contributed by atoms with Gasteiger partial charge in [-0.25, -0.2) is 4.98 Å². The molecule has 0 radical (unpaired) electrons. The third kappa shape index (κ3) is 3.83. The van der Waals surface area contributed by atoms with E-state index in [4.69, 9.17) is 0 Å². The van der Waals surface area contributed by atoms with Crippen LogP contribution in [0, 0.1) is 0 Å². The van der Waals surface area contributed by atoms with Crippen LogP contribution < -0.4 is 5.32 Å². The lowest BCUT2D eigenvalue weighted by molar-refractivity contribution is -0.140. The molecule has 1 fully saturated rings. The number of nitrogens with zero attached hydrogens (tertiary/aromatic N) is 3. The van der Waals surface area contributed by atoms with Gasteiger partial charge < -0.3 is 14.8 Å². The van der Waals surface area contributed by atoms with Gasteiger partial charge in [0.15, 0.2) is 0 Å². The van der Waals surface area contributed by atoms with Crippen LogP contribution in [-0.4, -0.2) is 45.4 Å². The van der Waals surface area contributed by atoms with Gasteiger partial charge >= 0.3 is 0 Å². The van der Waals surface area contributed by atoms with E-state index in [1.54, 1.807) is 4.90 Å². The molecule has 1 aromatic carbocycles. The van der Waals surface area contributed by atoms with Crippen molar-refractivity contribution in [3.63, 3.8) is 0 Å². The van der Waals surface area contributed by atoms with Gasteiger partial charge in [-0.1, -0.05) is 12.1 Å². The van der Waals surface area contributed by atoms with Crippen molar-refractivity contribution in [2.75, 3.05) is 13.1 Å². The molecule has 1 aliphatic heterocycles. The maximum absolute atomic E-state index is 12.4. The minimum absolute atomic E-state index is 0.0143. The van der Waals surface area contributed by atoms with Crippen molar-refractivity contribution in [2.24, 2.45) is 7.05 Å². The number of benzene rings is 1. The van der Waals surface area contributed by atoms with Gasteiger partial charge in [-0.15, -0.1) is 0 Å². The number of rotatable bonds is 5. The van der Waals surface area contributed by atoms with Crippen molar-refractivity contribution in [1.29, 1.82) is 0 Å². The highest BCUT2D eigenvalue weighted by Gasteiger charge is 2.29. The summed E-state index contributed by atoms with van der Waals surface area (Å²) in [6.45, 7) is 2.83. The largest absolute Gasteiger partial charge is 0.354 e. The number of hydrogen-bond donors (Lipinski definition) is 1. The zero-order chi connectivity index (χ0) is 17.8. The number of fused-ring (bicyclic) bond motifs is 1. The number of carbonyl (C=O) groups excluding carboxylic acids is 2. The van der Waals surface area contributed by atoms with E-state index in [2.05, 4.69) is 20.9 Å². The number of piperidine rings is 1. The van der Waals surface area contributed by atoms with Crippen molar-refractivity contribution in [3.8, 4) is 0 Å². The first-order valence-electron chi connectivity index (χ1n) is 9.03. The van der Waals surface area contributed by atoms with Crippen molar-refractivity contribution in [3.05, 3.63) is 30.1 Å². The van der Waals surface area contributed by atoms with Gasteiger partial charge in [0.2, 0.25) is 11.8 Å². The van der Waals surface area contributed by atoms with Crippen LogP contribution in [0.25, 0.3) is 11.0 Å². The number of aromatic nitrogens is 2. The number of aryl methyl sites for hydroxylation is 2. The maximum Gasteiger partial charge on any atom is 0.242 e. The normalized spacial score (nSPS) is 17.7. The number of likely N-dealkylation sites (tertiary alicyclic amines) is 1. The summed E-state index contributed by atoms with van der Waals surface area (Å²) in [5, 5.41) is 2.99. The minimum Gasteiger partial charge on any atom is -0.354 e. The predicted molar refractivity (Wildman–Crippen MR) is 97.1 cm³/mol. The van der Waals surface area contributed by atoms with E-state index in [1.165, 1.54) is 6.92 Å². The van der Waals surface area contributed by atoms with Gasteiger partial charge in [-0.3, -0.25) is 9.59 Å². The van der Waals surface area contributed by atoms with E-state index in [0.717, 1.165) is 49.0 Å². The van der Waals surface area contributed by atoms with Gasteiger partial charge in [-0.05, 0) is 37.8 Å². The molecule has 1 N–H and O–H groups in total. The Hall–Kier alpha value is -2.37. The molecule has 2 amide bonds. The molecule has 0 spiro atoms. The summed E-state index contributed by atoms with van der Waals surface area (Å²) >= 11 is 0. The average Bonchev–Trinajstić information content (AvgIpc) is 2.95. The molecule has 6 nitrogen and oxygen atoms in total. The monoisotopic (exact) mass is 342 g/mol. The van der Waals surface area contributed by atoms with Crippen LogP contribution in [0.15, 0.2) is 24.3 Å². The summed E-state index contributed by atoms with van der Waals surface area (Å²) in [7, 11) is 2.02. The van der Waals surface area contributed by atoms with Crippen LogP contribution in [0.5, 0.6) is 0 Å². The minimum atomic E-state index is -0.304. The average molecular weight is 342 g/mol. The molecule has 1 aromatic heterocycles. The van der Waals surface area contributed by atoms with Crippen molar-refractivity contribution >= 4 is 22.8 Å². The van der Waals surface area contributed by atoms with Crippen LogP contribution in [0.4, 0.5) is 0 Å². The first-order valence-corrected chi connectivity index (χ1v) is 9.03. The summed E-state index contributed by atoms with van der Waals surface area (Å²) in [6.07, 6.45) is 4.39. The van der Waals surface area contributed by atoms with Crippen LogP contribution >= 0.6 is 0 Å². The van der Waals surface area contributed by atoms with E-state index in [-0.39, 0.29) is 17.9 Å². The van der Waals surface area contributed by atoms with E-state index in [9.17, 15) is 9.59 Å². The Labute approximate surface area is 148 Å². The summed E-state index contributed by atoms with van der Waals surface area (Å²) in [4.78, 5) is 30.4. The molecule has 2 aromatic rings. The molecule has 0 bridgehead atoms. The second-order valence-electron chi connectivity index (χ2n) is 6.69.